The molecular formula is C45H86O6. The quantitative estimate of drug-likeness (QED) is 0.0356. The summed E-state index contributed by atoms with van der Waals surface area (Å²) in [4.78, 5) is 38.9. The van der Waals surface area contributed by atoms with Gasteiger partial charge in [0.2, 0.25) is 0 Å². The molecule has 0 aliphatic heterocycles. The molecule has 6 heteroatoms. The van der Waals surface area contributed by atoms with E-state index < -0.39 is 23.9 Å². The molecule has 6 nitrogen and oxygen atoms in total. The van der Waals surface area contributed by atoms with E-state index in [1.165, 1.54) is 154 Å². The molecule has 0 saturated heterocycles. The predicted octanol–water partition coefficient (Wildman–Crippen LogP) is 14.8. The van der Waals surface area contributed by atoms with Gasteiger partial charge in [-0.25, -0.2) is 0 Å². The van der Waals surface area contributed by atoms with Crippen LogP contribution in [0.25, 0.3) is 0 Å². The highest BCUT2D eigenvalue weighted by Gasteiger charge is 2.41. The summed E-state index contributed by atoms with van der Waals surface area (Å²) in [7, 11) is 0. The van der Waals surface area contributed by atoms with Crippen LogP contribution in [0.1, 0.15) is 265 Å². The molecule has 0 heterocycles. The summed E-state index contributed by atoms with van der Waals surface area (Å²) in [6.07, 6.45) is 40.2. The lowest BCUT2D eigenvalue weighted by Crippen LogP contribution is -2.44. The van der Waals surface area contributed by atoms with Crippen LogP contribution >= 0.6 is 0 Å². The van der Waals surface area contributed by atoms with Crippen molar-refractivity contribution < 1.29 is 28.6 Å². The Morgan fingerprint density at radius 2 is 0.471 bits per heavy atom. The standard InChI is InChI=1S/C45H86O6/c1-5-9-12-15-18-21-24-27-30-33-36-39-42(46)49-45(8-4,50-43(47)40-37-34-31-28-25-22-19-16-13-10-6-2)51-44(48)41-38-35-32-29-26-23-20-17-14-11-7-3/h5-41H2,1-4H3. The van der Waals surface area contributed by atoms with Crippen molar-refractivity contribution in [1.29, 1.82) is 0 Å². The zero-order valence-corrected chi connectivity index (χ0v) is 34.6. The van der Waals surface area contributed by atoms with Gasteiger partial charge in [-0.15, -0.1) is 0 Å². The van der Waals surface area contributed by atoms with Gasteiger partial charge < -0.3 is 14.2 Å². The molecule has 0 bridgehead atoms. The van der Waals surface area contributed by atoms with Crippen molar-refractivity contribution in [3.8, 4) is 0 Å². The minimum atomic E-state index is -1.97. The van der Waals surface area contributed by atoms with Crippen molar-refractivity contribution >= 4 is 17.9 Å². The van der Waals surface area contributed by atoms with Crippen LogP contribution < -0.4 is 0 Å². The summed E-state index contributed by atoms with van der Waals surface area (Å²) >= 11 is 0. The highest BCUT2D eigenvalue weighted by atomic mass is 16.9. The number of unbranched alkanes of at least 4 members (excludes halogenated alkanes) is 30. The van der Waals surface area contributed by atoms with Crippen LogP contribution in [0.2, 0.25) is 0 Å². The van der Waals surface area contributed by atoms with Gasteiger partial charge in [0.25, 0.3) is 0 Å². The van der Waals surface area contributed by atoms with Crippen LogP contribution in [0.3, 0.4) is 0 Å². The third-order valence-electron chi connectivity index (χ3n) is 10.2. The maximum atomic E-state index is 13.0. The monoisotopic (exact) mass is 723 g/mol. The van der Waals surface area contributed by atoms with E-state index in [-0.39, 0.29) is 25.7 Å². The lowest BCUT2D eigenvalue weighted by atomic mass is 10.1. The summed E-state index contributed by atoms with van der Waals surface area (Å²) in [6.45, 7) is 8.48. The Bertz CT molecular complexity index is 683. The molecule has 51 heavy (non-hydrogen) atoms. The van der Waals surface area contributed by atoms with Crippen molar-refractivity contribution in [3.05, 3.63) is 0 Å². The topological polar surface area (TPSA) is 78.9 Å². The Morgan fingerprint density at radius 3 is 0.647 bits per heavy atom. The van der Waals surface area contributed by atoms with Crippen molar-refractivity contribution in [2.24, 2.45) is 0 Å². The number of carbonyl (C=O) groups is 3. The van der Waals surface area contributed by atoms with E-state index in [1.54, 1.807) is 6.92 Å². The highest BCUT2D eigenvalue weighted by Crippen LogP contribution is 2.25. The van der Waals surface area contributed by atoms with Gasteiger partial charge in [-0.3, -0.25) is 14.4 Å². The van der Waals surface area contributed by atoms with Gasteiger partial charge in [-0.1, -0.05) is 220 Å². The van der Waals surface area contributed by atoms with Crippen LogP contribution in [0.4, 0.5) is 0 Å². The Hall–Kier alpha value is -1.59. The highest BCUT2D eigenvalue weighted by molar-refractivity contribution is 5.74. The SMILES string of the molecule is CCCCCCCCCCCCCC(=O)OC(CC)(OC(=O)CCCCCCCCCCCCC)OC(=O)CCCCCCCCCCCCC. The lowest BCUT2D eigenvalue weighted by molar-refractivity contribution is -0.331. The molecule has 302 valence electrons. The third-order valence-corrected chi connectivity index (χ3v) is 10.2. The second kappa shape index (κ2) is 38.1. The molecule has 0 aliphatic rings. The molecule has 0 unspecified atom stereocenters. The number of rotatable bonds is 40. The van der Waals surface area contributed by atoms with Gasteiger partial charge in [0.1, 0.15) is 0 Å². The van der Waals surface area contributed by atoms with Crippen LogP contribution in [-0.4, -0.2) is 23.9 Å². The van der Waals surface area contributed by atoms with Crippen molar-refractivity contribution in [2.45, 2.75) is 271 Å². The fourth-order valence-electron chi connectivity index (χ4n) is 6.75. The maximum absolute atomic E-state index is 13.0. The molecule has 0 atom stereocenters. The first-order valence-corrected chi connectivity index (χ1v) is 22.6. The lowest BCUT2D eigenvalue weighted by Gasteiger charge is -2.30. The summed E-state index contributed by atoms with van der Waals surface area (Å²) in [5.74, 6) is -3.40. The van der Waals surface area contributed by atoms with Gasteiger partial charge in [0.15, 0.2) is 0 Å². The van der Waals surface area contributed by atoms with E-state index in [4.69, 9.17) is 14.2 Å². The largest absolute Gasteiger partial charge is 0.423 e. The van der Waals surface area contributed by atoms with Gasteiger partial charge in [0.05, 0.1) is 6.42 Å². The van der Waals surface area contributed by atoms with E-state index in [0.717, 1.165) is 38.5 Å². The second-order valence-corrected chi connectivity index (χ2v) is 15.3. The summed E-state index contributed by atoms with van der Waals surface area (Å²) < 4.78 is 17.1. The van der Waals surface area contributed by atoms with Crippen molar-refractivity contribution in [2.75, 3.05) is 0 Å². The van der Waals surface area contributed by atoms with Gasteiger partial charge in [-0.2, -0.15) is 0 Å². The molecule has 0 spiro atoms. The average molecular weight is 723 g/mol. The second-order valence-electron chi connectivity index (χ2n) is 15.3. The summed E-state index contributed by atoms with van der Waals surface area (Å²) in [6, 6.07) is 0. The molecule has 0 radical (unpaired) electrons. The van der Waals surface area contributed by atoms with Crippen LogP contribution in [0.5, 0.6) is 0 Å². The first-order valence-electron chi connectivity index (χ1n) is 22.6. The predicted molar refractivity (Wildman–Crippen MR) is 215 cm³/mol. The third kappa shape index (κ3) is 34.0. The molecular weight excluding hydrogens is 636 g/mol. The van der Waals surface area contributed by atoms with E-state index in [2.05, 4.69) is 20.8 Å². The normalized spacial score (nSPS) is 11.5. The molecule has 0 amide bonds. The molecule has 0 aromatic heterocycles. The fourth-order valence-corrected chi connectivity index (χ4v) is 6.75. The molecule has 0 aliphatic carbocycles. The summed E-state index contributed by atoms with van der Waals surface area (Å²) in [5, 5.41) is 0. The molecule has 0 saturated carbocycles. The number of ether oxygens (including phenoxy) is 3. The van der Waals surface area contributed by atoms with Crippen LogP contribution in [0, 0.1) is 0 Å². The van der Waals surface area contributed by atoms with E-state index in [9.17, 15) is 14.4 Å². The molecule has 0 N–H and O–H groups in total. The van der Waals surface area contributed by atoms with Crippen LogP contribution in [0.15, 0.2) is 0 Å². The zero-order chi connectivity index (χ0) is 37.5. The van der Waals surface area contributed by atoms with Gasteiger partial charge in [-0.05, 0) is 19.3 Å². The maximum Gasteiger partial charge on any atom is 0.423 e. The van der Waals surface area contributed by atoms with Gasteiger partial charge in [0, 0.05) is 19.3 Å². The van der Waals surface area contributed by atoms with Gasteiger partial charge >= 0.3 is 23.9 Å². The number of hydrogen-bond donors (Lipinski definition) is 0. The fraction of sp³-hybridized carbons (Fsp3) is 0.933. The number of carbonyl (C=O) groups excluding carboxylic acids is 3. The van der Waals surface area contributed by atoms with Crippen molar-refractivity contribution in [3.63, 3.8) is 0 Å². The summed E-state index contributed by atoms with van der Waals surface area (Å²) in [5.41, 5.74) is 0. The minimum absolute atomic E-state index is 0.0744. The Balaban J connectivity index is 4.66. The molecule has 0 aromatic carbocycles. The van der Waals surface area contributed by atoms with Crippen molar-refractivity contribution in [1.82, 2.24) is 0 Å². The Morgan fingerprint density at radius 1 is 0.294 bits per heavy atom. The smallest absolute Gasteiger partial charge is 0.388 e. The van der Waals surface area contributed by atoms with E-state index in [1.807, 2.05) is 0 Å². The van der Waals surface area contributed by atoms with E-state index >= 15 is 0 Å². The van der Waals surface area contributed by atoms with Crippen LogP contribution in [-0.2, 0) is 28.6 Å². The number of hydrogen-bond acceptors (Lipinski definition) is 6. The number of esters is 3. The minimum Gasteiger partial charge on any atom is -0.388 e. The first kappa shape index (κ1) is 49.4. The first-order chi connectivity index (χ1) is 24.9. The zero-order valence-electron chi connectivity index (χ0n) is 34.6. The van der Waals surface area contributed by atoms with E-state index in [0.29, 0.717) is 19.3 Å². The Kier molecular flexibility index (Phi) is 37.0. The average Bonchev–Trinajstić information content (AvgIpc) is 3.11. The Labute approximate surface area is 317 Å². The molecule has 0 rings (SSSR count). The molecule has 0 aromatic rings. The molecule has 0 fully saturated rings.